The minimum atomic E-state index is -0.162. The molecule has 39 heavy (non-hydrogen) atoms. The Labute approximate surface area is 225 Å². The Morgan fingerprint density at radius 2 is 1.77 bits per heavy atom. The average Bonchev–Trinajstić information content (AvgIpc) is 3.53. The molecule has 198 valence electrons. The number of H-pyrrole nitrogens is 1. The van der Waals surface area contributed by atoms with Crippen LogP contribution in [0, 0.1) is 0 Å². The van der Waals surface area contributed by atoms with Crippen molar-refractivity contribution in [3.05, 3.63) is 88.0 Å². The molecule has 0 unspecified atom stereocenters. The lowest BCUT2D eigenvalue weighted by atomic mass is 10.0. The van der Waals surface area contributed by atoms with Gasteiger partial charge in [0.1, 0.15) is 5.82 Å². The largest absolute Gasteiger partial charge is 0.494 e. The predicted molar refractivity (Wildman–Crippen MR) is 146 cm³/mol. The number of tetrazole rings is 1. The average molecular weight is 524 g/mol. The SMILES string of the molecule is CCCCc1nc(CC)n(-c2ncc(OC)cn2)c(=O)c1Cc1ccc(-c2ccccc2-c2nnn[nH]2)nc1. The van der Waals surface area contributed by atoms with Gasteiger partial charge in [-0.05, 0) is 34.9 Å². The van der Waals surface area contributed by atoms with Gasteiger partial charge in [0.25, 0.3) is 5.56 Å². The molecule has 1 N–H and O–H groups in total. The molecule has 11 heteroatoms. The molecule has 0 fully saturated rings. The Kier molecular flexibility index (Phi) is 7.76. The normalized spacial score (nSPS) is 11.1. The predicted octanol–water partition coefficient (Wildman–Crippen LogP) is 3.77. The van der Waals surface area contributed by atoms with E-state index in [-0.39, 0.29) is 11.5 Å². The zero-order chi connectivity index (χ0) is 27.2. The van der Waals surface area contributed by atoms with Crippen LogP contribution in [0.2, 0.25) is 0 Å². The second kappa shape index (κ2) is 11.7. The van der Waals surface area contributed by atoms with E-state index in [9.17, 15) is 4.79 Å². The molecule has 4 heterocycles. The lowest BCUT2D eigenvalue weighted by molar-refractivity contribution is 0.410. The quantitative estimate of drug-likeness (QED) is 0.290. The van der Waals surface area contributed by atoms with Crippen LogP contribution in [0.25, 0.3) is 28.6 Å². The highest BCUT2D eigenvalue weighted by Gasteiger charge is 2.19. The molecule has 1 aromatic carbocycles. The number of hydrogen-bond acceptors (Lipinski definition) is 9. The number of aromatic nitrogens is 9. The molecule has 0 radical (unpaired) electrons. The van der Waals surface area contributed by atoms with Crippen molar-refractivity contribution in [2.45, 2.75) is 46.0 Å². The molecular weight excluding hydrogens is 494 g/mol. The summed E-state index contributed by atoms with van der Waals surface area (Å²) < 4.78 is 6.69. The molecular formula is C28H29N9O2. The topological polar surface area (TPSA) is 137 Å². The van der Waals surface area contributed by atoms with Crippen LogP contribution in [0.4, 0.5) is 0 Å². The van der Waals surface area contributed by atoms with Gasteiger partial charge in [0, 0.05) is 35.7 Å². The first-order valence-corrected chi connectivity index (χ1v) is 12.9. The number of hydrogen-bond donors (Lipinski definition) is 1. The van der Waals surface area contributed by atoms with Crippen LogP contribution in [-0.4, -0.2) is 52.2 Å². The zero-order valence-corrected chi connectivity index (χ0v) is 22.1. The summed E-state index contributed by atoms with van der Waals surface area (Å²) in [5, 5.41) is 14.2. The molecule has 0 spiro atoms. The molecule has 4 aromatic heterocycles. The molecule has 0 aliphatic heterocycles. The first kappa shape index (κ1) is 25.8. The van der Waals surface area contributed by atoms with Crippen LogP contribution in [0.1, 0.15) is 49.3 Å². The smallest absolute Gasteiger partial charge is 0.264 e. The fourth-order valence-electron chi connectivity index (χ4n) is 4.43. The highest BCUT2D eigenvalue weighted by Crippen LogP contribution is 2.28. The maximum atomic E-state index is 13.9. The third-order valence-electron chi connectivity index (χ3n) is 6.47. The second-order valence-corrected chi connectivity index (χ2v) is 9.00. The number of aryl methyl sites for hydroxylation is 2. The molecule has 5 rings (SSSR count). The lowest BCUT2D eigenvalue weighted by Crippen LogP contribution is -2.30. The number of ether oxygens (including phenoxy) is 1. The van der Waals surface area contributed by atoms with Crippen LogP contribution < -0.4 is 10.3 Å². The Balaban J connectivity index is 1.53. The van der Waals surface area contributed by atoms with E-state index in [0.717, 1.165) is 47.3 Å². The van der Waals surface area contributed by atoms with E-state index in [2.05, 4.69) is 37.5 Å². The monoisotopic (exact) mass is 523 g/mol. The Morgan fingerprint density at radius 1 is 0.974 bits per heavy atom. The molecule has 5 aromatic rings. The summed E-state index contributed by atoms with van der Waals surface area (Å²) in [5.41, 5.74) is 4.72. The third-order valence-corrected chi connectivity index (χ3v) is 6.47. The van der Waals surface area contributed by atoms with Crippen molar-refractivity contribution >= 4 is 0 Å². The van der Waals surface area contributed by atoms with E-state index in [1.165, 1.54) is 4.57 Å². The second-order valence-electron chi connectivity index (χ2n) is 9.00. The fourth-order valence-corrected chi connectivity index (χ4v) is 4.43. The maximum Gasteiger partial charge on any atom is 0.264 e. The van der Waals surface area contributed by atoms with Crippen molar-refractivity contribution in [1.82, 2.24) is 45.1 Å². The van der Waals surface area contributed by atoms with Crippen LogP contribution in [0.15, 0.2) is 59.8 Å². The minimum absolute atomic E-state index is 0.162. The molecule has 0 aliphatic rings. The standard InChI is InChI=1S/C28H29N9O2/c1-4-6-11-24-22(27(38)37(25(5-2)32-24)28-30-16-19(39-3)17-31-28)14-18-12-13-23(29-15-18)20-9-7-8-10-21(20)26-33-35-36-34-26/h7-10,12-13,15-17H,4-6,11,14H2,1-3H3,(H,33,34,35,36). The van der Waals surface area contributed by atoms with Gasteiger partial charge in [0.15, 0.2) is 11.6 Å². The molecule has 0 aliphatic carbocycles. The Hall–Kier alpha value is -4.80. The van der Waals surface area contributed by atoms with Gasteiger partial charge in [-0.25, -0.2) is 24.6 Å². The van der Waals surface area contributed by atoms with Crippen molar-refractivity contribution in [2.24, 2.45) is 0 Å². The lowest BCUT2D eigenvalue weighted by Gasteiger charge is -2.16. The van der Waals surface area contributed by atoms with Crippen LogP contribution >= 0.6 is 0 Å². The number of nitrogens with zero attached hydrogens (tertiary/aromatic N) is 8. The van der Waals surface area contributed by atoms with Gasteiger partial charge in [-0.2, -0.15) is 0 Å². The summed E-state index contributed by atoms with van der Waals surface area (Å²) in [6, 6.07) is 11.7. The summed E-state index contributed by atoms with van der Waals surface area (Å²) in [5.74, 6) is 2.00. The van der Waals surface area contributed by atoms with Crippen molar-refractivity contribution in [2.75, 3.05) is 7.11 Å². The minimum Gasteiger partial charge on any atom is -0.494 e. The van der Waals surface area contributed by atoms with Gasteiger partial charge in [0.2, 0.25) is 5.95 Å². The summed E-state index contributed by atoms with van der Waals surface area (Å²) in [6.45, 7) is 4.10. The number of pyridine rings is 1. The summed E-state index contributed by atoms with van der Waals surface area (Å²) in [4.78, 5) is 32.3. The Bertz CT molecular complexity index is 1600. The summed E-state index contributed by atoms with van der Waals surface area (Å²) in [7, 11) is 1.55. The van der Waals surface area contributed by atoms with E-state index in [4.69, 9.17) is 14.7 Å². The van der Waals surface area contributed by atoms with E-state index in [1.807, 2.05) is 43.3 Å². The number of rotatable bonds is 10. The fraction of sp³-hybridized carbons (Fsp3) is 0.286. The summed E-state index contributed by atoms with van der Waals surface area (Å²) in [6.07, 6.45) is 8.53. The molecule has 11 nitrogen and oxygen atoms in total. The molecule has 0 saturated carbocycles. The number of unbranched alkanes of at least 4 members (excludes halogenated alkanes) is 1. The van der Waals surface area contributed by atoms with Gasteiger partial charge >= 0.3 is 0 Å². The van der Waals surface area contributed by atoms with Crippen LogP contribution in [0.5, 0.6) is 5.75 Å². The van der Waals surface area contributed by atoms with Gasteiger partial charge in [-0.1, -0.05) is 50.6 Å². The number of nitrogens with one attached hydrogen (secondary N) is 1. The van der Waals surface area contributed by atoms with E-state index in [0.29, 0.717) is 35.8 Å². The molecule has 0 atom stereocenters. The van der Waals surface area contributed by atoms with Gasteiger partial charge in [-0.3, -0.25) is 9.78 Å². The number of aromatic amines is 1. The van der Waals surface area contributed by atoms with E-state index in [1.54, 1.807) is 25.7 Å². The van der Waals surface area contributed by atoms with Crippen molar-refractivity contribution in [3.63, 3.8) is 0 Å². The van der Waals surface area contributed by atoms with Crippen molar-refractivity contribution in [1.29, 1.82) is 0 Å². The summed E-state index contributed by atoms with van der Waals surface area (Å²) >= 11 is 0. The Morgan fingerprint density at radius 3 is 2.41 bits per heavy atom. The van der Waals surface area contributed by atoms with Gasteiger partial charge in [0.05, 0.1) is 30.9 Å². The van der Waals surface area contributed by atoms with Crippen molar-refractivity contribution in [3.8, 4) is 34.3 Å². The highest BCUT2D eigenvalue weighted by molar-refractivity contribution is 5.78. The van der Waals surface area contributed by atoms with E-state index < -0.39 is 0 Å². The molecule has 0 saturated heterocycles. The van der Waals surface area contributed by atoms with Gasteiger partial charge < -0.3 is 4.74 Å². The maximum absolute atomic E-state index is 13.9. The van der Waals surface area contributed by atoms with Crippen molar-refractivity contribution < 1.29 is 4.74 Å². The highest BCUT2D eigenvalue weighted by atomic mass is 16.5. The van der Waals surface area contributed by atoms with Crippen LogP contribution in [0.3, 0.4) is 0 Å². The first-order chi connectivity index (χ1) is 19.1. The van der Waals surface area contributed by atoms with Gasteiger partial charge in [-0.15, -0.1) is 5.10 Å². The van der Waals surface area contributed by atoms with E-state index >= 15 is 0 Å². The first-order valence-electron chi connectivity index (χ1n) is 12.9. The number of methoxy groups -OCH3 is 1. The zero-order valence-electron chi connectivity index (χ0n) is 22.1. The molecule has 0 bridgehead atoms. The molecule has 0 amide bonds. The third kappa shape index (κ3) is 5.42. The number of benzene rings is 1. The van der Waals surface area contributed by atoms with Crippen LogP contribution in [-0.2, 0) is 19.3 Å².